The van der Waals surface area contributed by atoms with Crippen molar-refractivity contribution in [3.8, 4) is 34.1 Å². The Labute approximate surface area is 159 Å². The molecule has 0 aliphatic rings. The maximum atomic E-state index is 5.90. The number of fused-ring (bicyclic) bond motifs is 1. The van der Waals surface area contributed by atoms with Crippen molar-refractivity contribution in [3.63, 3.8) is 0 Å². The van der Waals surface area contributed by atoms with E-state index >= 15 is 0 Å². The lowest BCUT2D eigenvalue weighted by Crippen LogP contribution is -2.07. The van der Waals surface area contributed by atoms with Gasteiger partial charge in [0.2, 0.25) is 0 Å². The number of rotatable bonds is 7. The lowest BCUT2D eigenvalue weighted by Gasteiger charge is -2.12. The third-order valence-electron chi connectivity index (χ3n) is 4.88. The lowest BCUT2D eigenvalue weighted by atomic mass is 9.99. The number of methoxy groups -OCH3 is 4. The van der Waals surface area contributed by atoms with Crippen LogP contribution in [0.15, 0.2) is 30.3 Å². The van der Waals surface area contributed by atoms with E-state index < -0.39 is 0 Å². The van der Waals surface area contributed by atoms with Crippen molar-refractivity contribution >= 4 is 10.9 Å². The molecule has 6 nitrogen and oxygen atoms in total. The zero-order valence-corrected chi connectivity index (χ0v) is 16.5. The summed E-state index contributed by atoms with van der Waals surface area (Å²) in [6.45, 7) is 0.554. The Morgan fingerprint density at radius 2 is 1.41 bits per heavy atom. The predicted molar refractivity (Wildman–Crippen MR) is 107 cm³/mol. The van der Waals surface area contributed by atoms with Crippen LogP contribution in [-0.4, -0.2) is 39.6 Å². The average molecular weight is 370 g/mol. The van der Waals surface area contributed by atoms with Crippen molar-refractivity contribution in [1.29, 1.82) is 0 Å². The summed E-state index contributed by atoms with van der Waals surface area (Å²) in [6, 6.07) is 9.95. The van der Waals surface area contributed by atoms with Gasteiger partial charge in [-0.05, 0) is 30.3 Å². The second-order valence-electron chi connectivity index (χ2n) is 6.21. The largest absolute Gasteiger partial charge is 0.493 e. The number of nitrogens with zero attached hydrogens (tertiary/aromatic N) is 1. The van der Waals surface area contributed by atoms with E-state index in [4.69, 9.17) is 24.7 Å². The van der Waals surface area contributed by atoms with Gasteiger partial charge in [-0.2, -0.15) is 0 Å². The third-order valence-corrected chi connectivity index (χ3v) is 4.88. The molecule has 0 aliphatic heterocycles. The van der Waals surface area contributed by atoms with Crippen LogP contribution in [0.4, 0.5) is 0 Å². The summed E-state index contributed by atoms with van der Waals surface area (Å²) in [6.07, 6.45) is 0.749. The van der Waals surface area contributed by atoms with Crippen molar-refractivity contribution in [2.24, 2.45) is 12.8 Å². The Kier molecular flexibility index (Phi) is 5.46. The van der Waals surface area contributed by atoms with Gasteiger partial charge in [0.1, 0.15) is 0 Å². The van der Waals surface area contributed by atoms with Crippen molar-refractivity contribution in [3.05, 3.63) is 36.0 Å². The first-order valence-electron chi connectivity index (χ1n) is 8.75. The molecular weight excluding hydrogens is 344 g/mol. The molecule has 0 radical (unpaired) electrons. The molecule has 144 valence electrons. The number of aryl methyl sites for hydroxylation is 1. The monoisotopic (exact) mass is 370 g/mol. The molecular formula is C21H26N2O4. The Morgan fingerprint density at radius 3 is 2.00 bits per heavy atom. The van der Waals surface area contributed by atoms with Crippen LogP contribution in [0.1, 0.15) is 5.69 Å². The fraction of sp³-hybridized carbons (Fsp3) is 0.333. The number of hydrogen-bond donors (Lipinski definition) is 1. The van der Waals surface area contributed by atoms with Gasteiger partial charge in [-0.15, -0.1) is 0 Å². The fourth-order valence-corrected chi connectivity index (χ4v) is 3.56. The Morgan fingerprint density at radius 1 is 0.815 bits per heavy atom. The molecule has 1 heterocycles. The summed E-state index contributed by atoms with van der Waals surface area (Å²) in [7, 11) is 8.60. The lowest BCUT2D eigenvalue weighted by molar-refractivity contribution is 0.355. The van der Waals surface area contributed by atoms with E-state index in [-0.39, 0.29) is 0 Å². The van der Waals surface area contributed by atoms with E-state index in [9.17, 15) is 0 Å². The highest BCUT2D eigenvalue weighted by atomic mass is 16.5. The highest BCUT2D eigenvalue weighted by Crippen LogP contribution is 2.42. The first-order valence-corrected chi connectivity index (χ1v) is 8.75. The summed E-state index contributed by atoms with van der Waals surface area (Å²) >= 11 is 0. The maximum absolute atomic E-state index is 5.90. The molecule has 3 rings (SSSR count). The van der Waals surface area contributed by atoms with Gasteiger partial charge in [0.05, 0.1) is 34.0 Å². The van der Waals surface area contributed by atoms with Crippen LogP contribution in [0.2, 0.25) is 0 Å². The molecule has 2 N–H and O–H groups in total. The van der Waals surface area contributed by atoms with Crippen LogP contribution in [-0.2, 0) is 13.5 Å². The summed E-state index contributed by atoms with van der Waals surface area (Å²) in [4.78, 5) is 0. The molecule has 1 aromatic heterocycles. The van der Waals surface area contributed by atoms with Crippen LogP contribution in [0, 0.1) is 0 Å². The molecule has 0 amide bonds. The van der Waals surface area contributed by atoms with Crippen LogP contribution in [0.25, 0.3) is 22.0 Å². The number of benzene rings is 2. The SMILES string of the molecule is COc1ccc(-c2c(CCN)n(C)c3cc(OC)c(OC)cc23)cc1OC. The zero-order valence-electron chi connectivity index (χ0n) is 16.5. The number of aromatic nitrogens is 1. The van der Waals surface area contributed by atoms with Crippen molar-refractivity contribution in [2.75, 3.05) is 35.0 Å². The first-order chi connectivity index (χ1) is 13.1. The highest BCUT2D eigenvalue weighted by Gasteiger charge is 2.20. The second kappa shape index (κ2) is 7.80. The van der Waals surface area contributed by atoms with E-state index in [1.807, 2.05) is 37.4 Å². The Balaban J connectivity index is 2.34. The summed E-state index contributed by atoms with van der Waals surface area (Å²) < 4.78 is 24.0. The summed E-state index contributed by atoms with van der Waals surface area (Å²) in [5.41, 5.74) is 10.3. The third kappa shape index (κ3) is 3.17. The molecule has 0 aliphatic carbocycles. The van der Waals surface area contributed by atoms with Crippen LogP contribution < -0.4 is 24.7 Å². The molecule has 3 aromatic rings. The van der Waals surface area contributed by atoms with E-state index in [0.29, 0.717) is 29.5 Å². The Hall–Kier alpha value is -2.86. The minimum absolute atomic E-state index is 0.554. The van der Waals surface area contributed by atoms with Crippen molar-refractivity contribution in [2.45, 2.75) is 6.42 Å². The van der Waals surface area contributed by atoms with E-state index in [1.54, 1.807) is 28.4 Å². The van der Waals surface area contributed by atoms with Gasteiger partial charge in [-0.25, -0.2) is 0 Å². The molecule has 0 bridgehead atoms. The minimum Gasteiger partial charge on any atom is -0.493 e. The standard InChI is InChI=1S/C21H26N2O4/c1-23-15(8-9-22)21(13-6-7-17(24-2)18(10-13)25-3)14-11-19(26-4)20(27-5)12-16(14)23/h6-7,10-12H,8-9,22H2,1-5H3. The van der Waals surface area contributed by atoms with Crippen LogP contribution in [0.3, 0.4) is 0 Å². The number of ether oxygens (including phenoxy) is 4. The van der Waals surface area contributed by atoms with E-state index in [0.717, 1.165) is 34.1 Å². The van der Waals surface area contributed by atoms with Gasteiger partial charge in [0, 0.05) is 36.2 Å². The minimum atomic E-state index is 0.554. The van der Waals surface area contributed by atoms with Crippen molar-refractivity contribution < 1.29 is 18.9 Å². The Bertz CT molecular complexity index is 963. The van der Waals surface area contributed by atoms with Gasteiger partial charge in [-0.3, -0.25) is 0 Å². The quantitative estimate of drug-likeness (QED) is 0.691. The first kappa shape index (κ1) is 18.9. The molecule has 0 atom stereocenters. The fourth-order valence-electron chi connectivity index (χ4n) is 3.56. The molecule has 0 unspecified atom stereocenters. The molecule has 0 saturated carbocycles. The van der Waals surface area contributed by atoms with Crippen LogP contribution in [0.5, 0.6) is 23.0 Å². The molecule has 0 spiro atoms. The van der Waals surface area contributed by atoms with Crippen LogP contribution >= 0.6 is 0 Å². The number of nitrogens with two attached hydrogens (primary N) is 1. The van der Waals surface area contributed by atoms with E-state index in [1.165, 1.54) is 0 Å². The van der Waals surface area contributed by atoms with Gasteiger partial charge in [-0.1, -0.05) is 6.07 Å². The maximum Gasteiger partial charge on any atom is 0.162 e. The van der Waals surface area contributed by atoms with Crippen molar-refractivity contribution in [1.82, 2.24) is 4.57 Å². The zero-order chi connectivity index (χ0) is 19.6. The molecule has 2 aromatic carbocycles. The number of hydrogen-bond acceptors (Lipinski definition) is 5. The van der Waals surface area contributed by atoms with Gasteiger partial charge in [0.15, 0.2) is 23.0 Å². The molecule has 27 heavy (non-hydrogen) atoms. The topological polar surface area (TPSA) is 67.9 Å². The molecule has 6 heteroatoms. The van der Waals surface area contributed by atoms with Gasteiger partial charge >= 0.3 is 0 Å². The van der Waals surface area contributed by atoms with Gasteiger partial charge < -0.3 is 29.2 Å². The average Bonchev–Trinajstić information content (AvgIpc) is 2.97. The second-order valence-corrected chi connectivity index (χ2v) is 6.21. The predicted octanol–water partition coefficient (Wildman–Crippen LogP) is 3.38. The summed E-state index contributed by atoms with van der Waals surface area (Å²) in [5.74, 6) is 2.77. The van der Waals surface area contributed by atoms with Gasteiger partial charge in [0.25, 0.3) is 0 Å². The normalized spacial score (nSPS) is 10.9. The molecule has 0 fully saturated rings. The molecule has 0 saturated heterocycles. The highest BCUT2D eigenvalue weighted by molar-refractivity contribution is 6.00. The summed E-state index contributed by atoms with van der Waals surface area (Å²) in [5, 5.41) is 1.07. The van der Waals surface area contributed by atoms with E-state index in [2.05, 4.69) is 4.57 Å². The smallest absolute Gasteiger partial charge is 0.162 e.